The average molecular weight is 599 g/mol. The van der Waals surface area contributed by atoms with E-state index < -0.39 is 42.9 Å². The van der Waals surface area contributed by atoms with Gasteiger partial charge in [-0.25, -0.2) is 0 Å². The molecule has 0 radical (unpaired) electrons. The summed E-state index contributed by atoms with van der Waals surface area (Å²) in [6, 6.07) is 20.8. The molecule has 1 unspecified atom stereocenters. The molecule has 206 valence electrons. The summed E-state index contributed by atoms with van der Waals surface area (Å²) in [6.07, 6.45) is -6.69. The number of hydrogen-bond acceptors (Lipinski definition) is 8. The van der Waals surface area contributed by atoms with E-state index in [4.69, 9.17) is 14.2 Å². The van der Waals surface area contributed by atoms with Crippen molar-refractivity contribution >= 4 is 29.6 Å². The normalized spacial score (nSPS) is 29.0. The summed E-state index contributed by atoms with van der Waals surface area (Å²) in [4.78, 5) is 2.33. The number of nitrogens with zero attached hydrogens (tertiary/aromatic N) is 1. The zero-order valence-electron chi connectivity index (χ0n) is 21.9. The van der Waals surface area contributed by atoms with Crippen molar-refractivity contribution in [1.82, 2.24) is 0 Å². The van der Waals surface area contributed by atoms with Gasteiger partial charge in [-0.05, 0) is 0 Å². The molecule has 3 aliphatic rings. The van der Waals surface area contributed by atoms with Gasteiger partial charge >= 0.3 is 234 Å². The topological polar surface area (TPSA) is 112 Å². The van der Waals surface area contributed by atoms with Gasteiger partial charge in [0.15, 0.2) is 0 Å². The van der Waals surface area contributed by atoms with E-state index in [0.29, 0.717) is 12.4 Å². The zero-order valence-corrected chi connectivity index (χ0v) is 23.6. The molecule has 1 fully saturated rings. The number of benzene rings is 3. The fraction of sp³-hybridized carbons (Fsp3) is 0.400. The molecule has 1 saturated heterocycles. The fourth-order valence-electron chi connectivity index (χ4n) is 5.88. The molecule has 0 saturated carbocycles. The van der Waals surface area contributed by atoms with Crippen LogP contribution in [0.1, 0.15) is 36.1 Å². The Morgan fingerprint density at radius 3 is 2.36 bits per heavy atom. The molecule has 3 heterocycles. The predicted molar refractivity (Wildman–Crippen MR) is 147 cm³/mol. The Hall–Kier alpha value is -2.46. The third-order valence-corrected chi connectivity index (χ3v) is 10.3. The first kappa shape index (κ1) is 26.7. The third kappa shape index (κ3) is 4.29. The molecular weight excluding hydrogens is 565 g/mol. The Morgan fingerprint density at radius 2 is 1.62 bits per heavy atom. The third-order valence-electron chi connectivity index (χ3n) is 7.97. The zero-order chi connectivity index (χ0) is 27.3. The summed E-state index contributed by atoms with van der Waals surface area (Å²) < 4.78 is 20.6. The Balaban J connectivity index is 1.42. The van der Waals surface area contributed by atoms with E-state index in [-0.39, 0.29) is 15.0 Å². The second-order valence-corrected chi connectivity index (χ2v) is 12.3. The van der Waals surface area contributed by atoms with Crippen LogP contribution in [0, 0.1) is 0 Å². The summed E-state index contributed by atoms with van der Waals surface area (Å²) in [6.45, 7) is 6.15. The first-order valence-electron chi connectivity index (χ1n) is 13.3. The van der Waals surface area contributed by atoms with Crippen molar-refractivity contribution in [2.24, 2.45) is 0 Å². The van der Waals surface area contributed by atoms with Gasteiger partial charge in [0, 0.05) is 0 Å². The van der Waals surface area contributed by atoms with Gasteiger partial charge in [-0.2, -0.15) is 0 Å². The average Bonchev–Trinajstić information content (AvgIpc) is 3.34. The van der Waals surface area contributed by atoms with Crippen molar-refractivity contribution < 1.29 is 34.6 Å². The standard InChI is InChI=1S/C30H33NO7Se/c1-3-31(4-2)18-9-11-21-24(13-18)39-25-14-19(37-29-28(35)27(34)26(33)23(15-32)38-29)10-12-22(25)30(21)20-8-6-5-7-17(20)16-36-30/h5-14,23,26-29,32-35H,3-4,15-16H2,1-2H3/t23-,26+,27+,28-,29-,30?/m1/s1. The molecule has 1 spiro atoms. The molecule has 8 nitrogen and oxygen atoms in total. The number of rotatable bonds is 6. The van der Waals surface area contributed by atoms with Crippen LogP contribution in [0.25, 0.3) is 0 Å². The van der Waals surface area contributed by atoms with E-state index in [2.05, 4.69) is 55.1 Å². The van der Waals surface area contributed by atoms with Gasteiger partial charge in [0.2, 0.25) is 0 Å². The molecule has 0 aromatic heterocycles. The Morgan fingerprint density at radius 1 is 0.897 bits per heavy atom. The summed E-state index contributed by atoms with van der Waals surface area (Å²) in [5, 5.41) is 40.4. The molecule has 9 heteroatoms. The molecule has 6 atom stereocenters. The second-order valence-electron chi connectivity index (χ2n) is 10.1. The van der Waals surface area contributed by atoms with Crippen molar-refractivity contribution in [1.29, 1.82) is 0 Å². The van der Waals surface area contributed by atoms with Gasteiger partial charge in [-0.15, -0.1) is 0 Å². The molecule has 3 aromatic carbocycles. The molecule has 39 heavy (non-hydrogen) atoms. The van der Waals surface area contributed by atoms with Gasteiger partial charge in [0.05, 0.1) is 0 Å². The first-order valence-corrected chi connectivity index (χ1v) is 15.0. The molecule has 6 rings (SSSR count). The van der Waals surface area contributed by atoms with Crippen molar-refractivity contribution in [3.05, 3.63) is 82.9 Å². The summed E-state index contributed by atoms with van der Waals surface area (Å²) >= 11 is -0.0608. The Kier molecular flexibility index (Phi) is 7.20. The quantitative estimate of drug-likeness (QED) is 0.304. The van der Waals surface area contributed by atoms with E-state index in [9.17, 15) is 20.4 Å². The minimum atomic E-state index is -1.50. The fourth-order valence-corrected chi connectivity index (χ4v) is 8.48. The predicted octanol–water partition coefficient (Wildman–Crippen LogP) is 0.502. The summed E-state index contributed by atoms with van der Waals surface area (Å²) in [7, 11) is 0. The van der Waals surface area contributed by atoms with E-state index in [1.165, 1.54) is 21.3 Å². The van der Waals surface area contributed by atoms with Gasteiger partial charge in [-0.3, -0.25) is 0 Å². The molecule has 3 aliphatic heterocycles. The minimum absolute atomic E-state index is 0.0608. The van der Waals surface area contributed by atoms with Gasteiger partial charge < -0.3 is 0 Å². The molecule has 0 aliphatic carbocycles. The van der Waals surface area contributed by atoms with Gasteiger partial charge in [-0.1, -0.05) is 0 Å². The molecule has 0 amide bonds. The monoisotopic (exact) mass is 599 g/mol. The number of fused-ring (bicyclic) bond motifs is 6. The second kappa shape index (κ2) is 10.5. The number of ether oxygens (including phenoxy) is 3. The van der Waals surface area contributed by atoms with E-state index in [1.807, 2.05) is 24.3 Å². The van der Waals surface area contributed by atoms with Gasteiger partial charge in [0.25, 0.3) is 0 Å². The van der Waals surface area contributed by atoms with Crippen LogP contribution in [-0.2, 0) is 21.7 Å². The molecule has 0 bridgehead atoms. The van der Waals surface area contributed by atoms with Crippen LogP contribution in [-0.4, -0.2) is 85.8 Å². The van der Waals surface area contributed by atoms with Gasteiger partial charge in [0.1, 0.15) is 0 Å². The number of aliphatic hydroxyl groups is 4. The maximum atomic E-state index is 10.5. The first-order chi connectivity index (χ1) is 18.9. The van der Waals surface area contributed by atoms with E-state index in [0.717, 1.165) is 28.7 Å². The Bertz CT molecular complexity index is 1360. The Labute approximate surface area is 233 Å². The van der Waals surface area contributed by atoms with Crippen LogP contribution in [0.4, 0.5) is 5.69 Å². The van der Waals surface area contributed by atoms with Crippen LogP contribution >= 0.6 is 0 Å². The SMILES string of the molecule is CCN(CC)c1ccc2c(c1)[Se]c1cc(O[C@@H]3O[C@H](CO)[C@H](O)[C@H](O)[C@H]3O)ccc1C21OCc2ccccc21. The van der Waals surface area contributed by atoms with Crippen molar-refractivity contribution in [3.8, 4) is 5.75 Å². The van der Waals surface area contributed by atoms with Crippen LogP contribution < -0.4 is 18.6 Å². The number of anilines is 1. The summed E-state index contributed by atoms with van der Waals surface area (Å²) in [5.41, 5.74) is 4.99. The van der Waals surface area contributed by atoms with Crippen LogP contribution in [0.2, 0.25) is 0 Å². The summed E-state index contributed by atoms with van der Waals surface area (Å²) in [5.74, 6) is 0.463. The molecular formula is C30H33NO7Se. The van der Waals surface area contributed by atoms with Crippen LogP contribution in [0.15, 0.2) is 60.7 Å². The van der Waals surface area contributed by atoms with E-state index >= 15 is 0 Å². The van der Waals surface area contributed by atoms with Crippen molar-refractivity contribution in [2.45, 2.75) is 56.8 Å². The van der Waals surface area contributed by atoms with Crippen molar-refractivity contribution in [2.75, 3.05) is 24.6 Å². The maximum absolute atomic E-state index is 10.5. The van der Waals surface area contributed by atoms with E-state index in [1.54, 1.807) is 0 Å². The molecule has 3 aromatic rings. The van der Waals surface area contributed by atoms with Crippen LogP contribution in [0.3, 0.4) is 0 Å². The van der Waals surface area contributed by atoms with Crippen LogP contribution in [0.5, 0.6) is 5.75 Å². The number of hydrogen-bond donors (Lipinski definition) is 4. The van der Waals surface area contributed by atoms with Crippen molar-refractivity contribution in [3.63, 3.8) is 0 Å². The number of aliphatic hydroxyl groups excluding tert-OH is 4. The molecule has 4 N–H and O–H groups in total.